The van der Waals surface area contributed by atoms with Gasteiger partial charge in [-0.3, -0.25) is 4.21 Å². The average Bonchev–Trinajstić information content (AvgIpc) is 2.04. The highest BCUT2D eigenvalue weighted by Gasteiger charge is 1.97. The Morgan fingerprint density at radius 1 is 1.33 bits per heavy atom. The number of carboxylic acids is 1. The minimum Gasteiger partial charge on any atom is -0.545 e. The van der Waals surface area contributed by atoms with Crippen LogP contribution < -0.4 is 5.11 Å². The fraction of sp³-hybridized carbons (Fsp3) is 0.125. The van der Waals surface area contributed by atoms with Gasteiger partial charge in [0.25, 0.3) is 0 Å². The topological polar surface area (TPSA) is 57.2 Å². The summed E-state index contributed by atoms with van der Waals surface area (Å²) in [6.07, 6.45) is 1.54. The van der Waals surface area contributed by atoms with Crippen LogP contribution in [-0.2, 0) is 10.8 Å². The first-order valence-corrected chi connectivity index (χ1v) is 4.82. The van der Waals surface area contributed by atoms with Gasteiger partial charge in [0, 0.05) is 22.0 Å². The molecule has 0 amide bonds. The van der Waals surface area contributed by atoms with Crippen LogP contribution in [0.4, 0.5) is 0 Å². The molecule has 3 nitrogen and oxygen atoms in total. The van der Waals surface area contributed by atoms with E-state index in [1.54, 1.807) is 0 Å². The van der Waals surface area contributed by atoms with E-state index in [0.717, 1.165) is 0 Å². The Balaban J connectivity index is 3.01. The van der Waals surface area contributed by atoms with Gasteiger partial charge >= 0.3 is 0 Å². The molecule has 0 saturated carbocycles. The Hall–Kier alpha value is -1.16. The lowest BCUT2D eigenvalue weighted by Gasteiger charge is -2.01. The number of aromatic carboxylic acids is 1. The summed E-state index contributed by atoms with van der Waals surface area (Å²) in [7, 11) is -1.06. The van der Waals surface area contributed by atoms with E-state index in [1.165, 1.54) is 30.5 Å². The molecule has 1 aromatic rings. The third-order valence-corrected chi connectivity index (χ3v) is 2.36. The molecule has 0 heterocycles. The van der Waals surface area contributed by atoms with Crippen LogP contribution in [0.5, 0.6) is 0 Å². The summed E-state index contributed by atoms with van der Waals surface area (Å²) in [5.41, 5.74) is 0.101. The van der Waals surface area contributed by atoms with Gasteiger partial charge in [-0.1, -0.05) is 12.1 Å². The highest BCUT2D eigenvalue weighted by Crippen LogP contribution is 2.06. The number of benzene rings is 1. The number of hydrogen-bond donors (Lipinski definition) is 0. The van der Waals surface area contributed by atoms with E-state index in [-0.39, 0.29) is 5.56 Å². The Morgan fingerprint density at radius 3 is 2.17 bits per heavy atom. The van der Waals surface area contributed by atoms with Crippen molar-refractivity contribution in [3.8, 4) is 0 Å². The Bertz CT molecular complexity index is 283. The van der Waals surface area contributed by atoms with E-state index < -0.39 is 16.8 Å². The van der Waals surface area contributed by atoms with E-state index in [2.05, 4.69) is 0 Å². The normalized spacial score (nSPS) is 12.4. The van der Waals surface area contributed by atoms with Crippen LogP contribution in [0.1, 0.15) is 10.4 Å². The lowest BCUT2D eigenvalue weighted by atomic mass is 10.2. The first-order valence-electron chi connectivity index (χ1n) is 3.26. The van der Waals surface area contributed by atoms with Crippen LogP contribution in [0, 0.1) is 0 Å². The third kappa shape index (κ3) is 1.92. The van der Waals surface area contributed by atoms with Crippen molar-refractivity contribution in [1.29, 1.82) is 0 Å². The standard InChI is InChI=1S/C8H8O3S/c1-12(11)7-4-2-6(3-5-7)8(9)10/h2-5H,1H3,(H,9,10)/p-1/t12-/m1/s1. The molecule has 0 aliphatic rings. The molecule has 64 valence electrons. The van der Waals surface area contributed by atoms with Crippen molar-refractivity contribution in [2.45, 2.75) is 4.90 Å². The third-order valence-electron chi connectivity index (χ3n) is 1.42. The predicted molar refractivity (Wildman–Crippen MR) is 43.1 cm³/mol. The Kier molecular flexibility index (Phi) is 2.60. The molecular formula is C8H7O3S-. The zero-order valence-corrected chi connectivity index (χ0v) is 7.26. The van der Waals surface area contributed by atoms with E-state index in [1.807, 2.05) is 0 Å². The van der Waals surface area contributed by atoms with Crippen molar-refractivity contribution >= 4 is 16.8 Å². The molecule has 0 radical (unpaired) electrons. The van der Waals surface area contributed by atoms with Crippen molar-refractivity contribution < 1.29 is 14.1 Å². The molecule has 0 aromatic heterocycles. The summed E-state index contributed by atoms with van der Waals surface area (Å²) in [5.74, 6) is -1.22. The zero-order valence-electron chi connectivity index (χ0n) is 6.44. The van der Waals surface area contributed by atoms with Gasteiger partial charge in [0.15, 0.2) is 0 Å². The van der Waals surface area contributed by atoms with Crippen LogP contribution in [-0.4, -0.2) is 16.4 Å². The summed E-state index contributed by atoms with van der Waals surface area (Å²) in [5, 5.41) is 10.3. The molecule has 1 aromatic carbocycles. The number of carbonyl (C=O) groups is 1. The Morgan fingerprint density at radius 2 is 1.83 bits per heavy atom. The summed E-state index contributed by atoms with van der Waals surface area (Å²) in [4.78, 5) is 10.9. The molecule has 1 atom stereocenters. The van der Waals surface area contributed by atoms with Crippen LogP contribution in [0.3, 0.4) is 0 Å². The summed E-state index contributed by atoms with van der Waals surface area (Å²) in [6.45, 7) is 0. The first-order chi connectivity index (χ1) is 5.61. The molecule has 0 fully saturated rings. The molecule has 0 bridgehead atoms. The van der Waals surface area contributed by atoms with Crippen molar-refractivity contribution in [1.82, 2.24) is 0 Å². The van der Waals surface area contributed by atoms with E-state index in [9.17, 15) is 14.1 Å². The van der Waals surface area contributed by atoms with Gasteiger partial charge in [0.05, 0.1) is 5.97 Å². The second-order valence-electron chi connectivity index (χ2n) is 2.27. The second-order valence-corrected chi connectivity index (χ2v) is 3.65. The number of carboxylic acid groups (broad SMARTS) is 1. The van der Waals surface area contributed by atoms with E-state index in [4.69, 9.17) is 0 Å². The molecule has 0 saturated heterocycles. The van der Waals surface area contributed by atoms with Gasteiger partial charge in [0.1, 0.15) is 0 Å². The maximum Gasteiger partial charge on any atom is 0.0715 e. The molecule has 0 unspecified atom stereocenters. The zero-order chi connectivity index (χ0) is 9.14. The number of rotatable bonds is 2. The van der Waals surface area contributed by atoms with Crippen molar-refractivity contribution in [2.75, 3.05) is 6.26 Å². The smallest absolute Gasteiger partial charge is 0.0715 e. The number of hydrogen-bond acceptors (Lipinski definition) is 3. The number of carbonyl (C=O) groups excluding carboxylic acids is 1. The highest BCUT2D eigenvalue weighted by molar-refractivity contribution is 7.84. The van der Waals surface area contributed by atoms with Gasteiger partial charge in [-0.2, -0.15) is 0 Å². The maximum absolute atomic E-state index is 10.9. The molecule has 0 N–H and O–H groups in total. The second kappa shape index (κ2) is 3.49. The molecule has 0 spiro atoms. The minimum absolute atomic E-state index is 0.101. The van der Waals surface area contributed by atoms with Crippen LogP contribution >= 0.6 is 0 Å². The summed E-state index contributed by atoms with van der Waals surface area (Å²) >= 11 is 0. The summed E-state index contributed by atoms with van der Waals surface area (Å²) < 4.78 is 10.9. The molecular weight excluding hydrogens is 176 g/mol. The maximum atomic E-state index is 10.9. The van der Waals surface area contributed by atoms with E-state index in [0.29, 0.717) is 4.90 Å². The SMILES string of the molecule is C[S@@](=O)c1ccc(C(=O)[O-])cc1. The van der Waals surface area contributed by atoms with Crippen molar-refractivity contribution in [3.63, 3.8) is 0 Å². The van der Waals surface area contributed by atoms with E-state index >= 15 is 0 Å². The molecule has 1 rings (SSSR count). The first kappa shape index (κ1) is 8.93. The monoisotopic (exact) mass is 183 g/mol. The van der Waals surface area contributed by atoms with Gasteiger partial charge in [-0.15, -0.1) is 0 Å². The molecule has 0 aliphatic carbocycles. The lowest BCUT2D eigenvalue weighted by molar-refractivity contribution is -0.255. The van der Waals surface area contributed by atoms with Gasteiger partial charge in [0.2, 0.25) is 0 Å². The van der Waals surface area contributed by atoms with Gasteiger partial charge in [-0.05, 0) is 17.7 Å². The van der Waals surface area contributed by atoms with Crippen LogP contribution in [0.15, 0.2) is 29.2 Å². The quantitative estimate of drug-likeness (QED) is 0.637. The fourth-order valence-electron chi connectivity index (χ4n) is 0.783. The molecule has 0 aliphatic heterocycles. The lowest BCUT2D eigenvalue weighted by Crippen LogP contribution is -2.21. The van der Waals surface area contributed by atoms with Gasteiger partial charge in [-0.25, -0.2) is 0 Å². The molecule has 4 heteroatoms. The largest absolute Gasteiger partial charge is 0.545 e. The minimum atomic E-state index is -1.22. The Labute approximate surface area is 72.5 Å². The average molecular weight is 183 g/mol. The predicted octanol–water partition coefficient (Wildman–Crippen LogP) is -0.213. The van der Waals surface area contributed by atoms with Crippen molar-refractivity contribution in [2.24, 2.45) is 0 Å². The van der Waals surface area contributed by atoms with Gasteiger partial charge < -0.3 is 9.90 Å². The summed E-state index contributed by atoms with van der Waals surface area (Å²) in [6, 6.07) is 5.79. The van der Waals surface area contributed by atoms with Crippen LogP contribution in [0.2, 0.25) is 0 Å². The fourth-order valence-corrected chi connectivity index (χ4v) is 1.30. The molecule has 12 heavy (non-hydrogen) atoms. The highest BCUT2D eigenvalue weighted by atomic mass is 32.2. The van der Waals surface area contributed by atoms with Crippen LogP contribution in [0.25, 0.3) is 0 Å². The van der Waals surface area contributed by atoms with Crippen molar-refractivity contribution in [3.05, 3.63) is 29.8 Å².